The van der Waals surface area contributed by atoms with Crippen molar-refractivity contribution in [3.8, 4) is 0 Å². The summed E-state index contributed by atoms with van der Waals surface area (Å²) in [7, 11) is 0. The first-order valence-corrected chi connectivity index (χ1v) is 8.16. The molecule has 1 unspecified atom stereocenters. The van der Waals surface area contributed by atoms with E-state index in [1.165, 1.54) is 0 Å². The predicted molar refractivity (Wildman–Crippen MR) is 87.4 cm³/mol. The molecule has 0 aliphatic carbocycles. The fraction of sp³-hybridized carbons (Fsp3) is 0.529. The van der Waals surface area contributed by atoms with E-state index in [-0.39, 0.29) is 6.04 Å². The van der Waals surface area contributed by atoms with Gasteiger partial charge in [-0.1, -0.05) is 18.2 Å². The molecule has 1 aromatic carbocycles. The van der Waals surface area contributed by atoms with Crippen molar-refractivity contribution in [2.75, 3.05) is 44.3 Å². The highest BCUT2D eigenvalue weighted by Gasteiger charge is 2.33. The van der Waals surface area contributed by atoms with Crippen molar-refractivity contribution < 1.29 is 14.3 Å². The standard InChI is InChI=1S/C17H23N3O3/c1-13-12-14-4-2-3-5-15(14)20(13)17(22)16(21)18-6-7-19-8-10-23-11-9-19/h2-5,13H,6-12H2,1H3,(H,18,21). The van der Waals surface area contributed by atoms with E-state index in [0.717, 1.165) is 50.5 Å². The van der Waals surface area contributed by atoms with Gasteiger partial charge in [0.25, 0.3) is 0 Å². The maximum Gasteiger partial charge on any atom is 0.316 e. The Morgan fingerprint density at radius 3 is 2.78 bits per heavy atom. The molecule has 2 aliphatic rings. The summed E-state index contributed by atoms with van der Waals surface area (Å²) in [5.41, 5.74) is 1.97. The van der Waals surface area contributed by atoms with Gasteiger partial charge in [-0.15, -0.1) is 0 Å². The van der Waals surface area contributed by atoms with Crippen LogP contribution >= 0.6 is 0 Å². The van der Waals surface area contributed by atoms with Gasteiger partial charge < -0.3 is 15.0 Å². The molecule has 1 atom stereocenters. The maximum atomic E-state index is 12.5. The van der Waals surface area contributed by atoms with Crippen LogP contribution in [0.5, 0.6) is 0 Å². The second kappa shape index (κ2) is 7.10. The van der Waals surface area contributed by atoms with E-state index in [2.05, 4.69) is 10.2 Å². The van der Waals surface area contributed by atoms with E-state index in [1.807, 2.05) is 31.2 Å². The van der Waals surface area contributed by atoms with Crippen LogP contribution in [0.2, 0.25) is 0 Å². The van der Waals surface area contributed by atoms with E-state index >= 15 is 0 Å². The number of para-hydroxylation sites is 1. The minimum atomic E-state index is -0.526. The van der Waals surface area contributed by atoms with Gasteiger partial charge in [-0.25, -0.2) is 0 Å². The number of rotatable bonds is 3. The number of benzene rings is 1. The Balaban J connectivity index is 1.54. The van der Waals surface area contributed by atoms with Crippen molar-refractivity contribution in [3.05, 3.63) is 29.8 Å². The summed E-state index contributed by atoms with van der Waals surface area (Å²) in [5, 5.41) is 2.75. The third-order valence-electron chi connectivity index (χ3n) is 4.44. The number of nitrogens with one attached hydrogen (secondary N) is 1. The quantitative estimate of drug-likeness (QED) is 0.821. The van der Waals surface area contributed by atoms with Crippen molar-refractivity contribution in [1.29, 1.82) is 0 Å². The zero-order valence-corrected chi connectivity index (χ0v) is 13.5. The van der Waals surface area contributed by atoms with Crippen LogP contribution in [-0.4, -0.2) is 62.1 Å². The van der Waals surface area contributed by atoms with Crippen LogP contribution in [0.25, 0.3) is 0 Å². The maximum absolute atomic E-state index is 12.5. The molecule has 0 aromatic heterocycles. The summed E-state index contributed by atoms with van der Waals surface area (Å²) in [6.45, 7) is 6.41. The third-order valence-corrected chi connectivity index (χ3v) is 4.44. The summed E-state index contributed by atoms with van der Waals surface area (Å²) < 4.78 is 5.29. The number of nitrogens with zero attached hydrogens (tertiary/aromatic N) is 2. The Hall–Kier alpha value is -1.92. The Morgan fingerprint density at radius 2 is 2.00 bits per heavy atom. The molecule has 2 aliphatic heterocycles. The summed E-state index contributed by atoms with van der Waals surface area (Å²) >= 11 is 0. The largest absolute Gasteiger partial charge is 0.379 e. The molecule has 2 heterocycles. The molecule has 1 aromatic rings. The highest BCUT2D eigenvalue weighted by Crippen LogP contribution is 2.31. The van der Waals surface area contributed by atoms with Gasteiger partial charge in [0, 0.05) is 37.9 Å². The van der Waals surface area contributed by atoms with Crippen molar-refractivity contribution in [1.82, 2.24) is 10.2 Å². The van der Waals surface area contributed by atoms with Gasteiger partial charge in [-0.05, 0) is 25.0 Å². The van der Waals surface area contributed by atoms with Crippen LogP contribution in [0.1, 0.15) is 12.5 Å². The Bertz CT molecular complexity index is 584. The van der Waals surface area contributed by atoms with E-state index in [9.17, 15) is 9.59 Å². The van der Waals surface area contributed by atoms with Crippen LogP contribution in [0.4, 0.5) is 5.69 Å². The molecule has 2 amide bonds. The Kier molecular flexibility index (Phi) is 4.93. The van der Waals surface area contributed by atoms with E-state index in [4.69, 9.17) is 4.74 Å². The molecule has 1 saturated heterocycles. The molecule has 124 valence electrons. The highest BCUT2D eigenvalue weighted by molar-refractivity contribution is 6.40. The molecule has 0 spiro atoms. The molecular weight excluding hydrogens is 294 g/mol. The first-order chi connectivity index (χ1) is 11.2. The molecule has 6 nitrogen and oxygen atoms in total. The lowest BCUT2D eigenvalue weighted by Gasteiger charge is -2.26. The van der Waals surface area contributed by atoms with E-state index in [0.29, 0.717) is 6.54 Å². The number of amides is 2. The van der Waals surface area contributed by atoms with Gasteiger partial charge in [0.2, 0.25) is 0 Å². The number of hydrogen-bond donors (Lipinski definition) is 1. The lowest BCUT2D eigenvalue weighted by molar-refractivity contribution is -0.137. The Labute approximate surface area is 136 Å². The molecule has 6 heteroatoms. The van der Waals surface area contributed by atoms with Crippen LogP contribution < -0.4 is 10.2 Å². The number of hydrogen-bond acceptors (Lipinski definition) is 4. The van der Waals surface area contributed by atoms with Gasteiger partial charge in [0.05, 0.1) is 13.2 Å². The lowest BCUT2D eigenvalue weighted by Crippen LogP contribution is -2.48. The second-order valence-corrected chi connectivity index (χ2v) is 6.07. The monoisotopic (exact) mass is 317 g/mol. The van der Waals surface area contributed by atoms with Crippen molar-refractivity contribution in [2.24, 2.45) is 0 Å². The smallest absolute Gasteiger partial charge is 0.316 e. The molecule has 3 rings (SSSR count). The molecule has 1 fully saturated rings. The van der Waals surface area contributed by atoms with Crippen molar-refractivity contribution in [2.45, 2.75) is 19.4 Å². The summed E-state index contributed by atoms with van der Waals surface area (Å²) in [5.74, 6) is -0.994. The van der Waals surface area contributed by atoms with Crippen LogP contribution in [0.3, 0.4) is 0 Å². The lowest BCUT2D eigenvalue weighted by atomic mass is 10.1. The summed E-state index contributed by atoms with van der Waals surface area (Å²) in [4.78, 5) is 28.5. The number of fused-ring (bicyclic) bond motifs is 1. The molecule has 0 bridgehead atoms. The van der Waals surface area contributed by atoms with Gasteiger partial charge in [0.1, 0.15) is 0 Å². The van der Waals surface area contributed by atoms with Crippen LogP contribution in [0, 0.1) is 0 Å². The topological polar surface area (TPSA) is 61.9 Å². The normalized spacial score (nSPS) is 21.1. The fourth-order valence-corrected chi connectivity index (χ4v) is 3.21. The molecule has 0 radical (unpaired) electrons. The zero-order valence-electron chi connectivity index (χ0n) is 13.5. The summed E-state index contributed by atoms with van der Waals surface area (Å²) in [6, 6.07) is 7.78. The van der Waals surface area contributed by atoms with Gasteiger partial charge in [-0.2, -0.15) is 0 Å². The zero-order chi connectivity index (χ0) is 16.2. The number of morpholine rings is 1. The van der Waals surface area contributed by atoms with E-state index < -0.39 is 11.8 Å². The second-order valence-electron chi connectivity index (χ2n) is 6.07. The number of ether oxygens (including phenoxy) is 1. The molecule has 1 N–H and O–H groups in total. The molecule has 0 saturated carbocycles. The fourth-order valence-electron chi connectivity index (χ4n) is 3.21. The third kappa shape index (κ3) is 3.54. The SMILES string of the molecule is CC1Cc2ccccc2N1C(=O)C(=O)NCCN1CCOCC1. The number of anilines is 1. The average molecular weight is 317 g/mol. The minimum Gasteiger partial charge on any atom is -0.379 e. The van der Waals surface area contributed by atoms with Crippen molar-refractivity contribution in [3.63, 3.8) is 0 Å². The average Bonchev–Trinajstić information content (AvgIpc) is 2.90. The summed E-state index contributed by atoms with van der Waals surface area (Å²) in [6.07, 6.45) is 0.795. The van der Waals surface area contributed by atoms with Gasteiger partial charge in [-0.3, -0.25) is 14.5 Å². The van der Waals surface area contributed by atoms with Gasteiger partial charge in [0.15, 0.2) is 0 Å². The highest BCUT2D eigenvalue weighted by atomic mass is 16.5. The minimum absolute atomic E-state index is 0.0184. The van der Waals surface area contributed by atoms with Crippen molar-refractivity contribution >= 4 is 17.5 Å². The molecular formula is C17H23N3O3. The van der Waals surface area contributed by atoms with Crippen LogP contribution in [0.15, 0.2) is 24.3 Å². The number of carbonyl (C=O) groups is 2. The molecule has 23 heavy (non-hydrogen) atoms. The predicted octanol–water partition coefficient (Wildman–Crippen LogP) is 0.413. The van der Waals surface area contributed by atoms with Crippen LogP contribution in [-0.2, 0) is 20.7 Å². The van der Waals surface area contributed by atoms with Gasteiger partial charge >= 0.3 is 11.8 Å². The Morgan fingerprint density at radius 1 is 1.26 bits per heavy atom. The first-order valence-electron chi connectivity index (χ1n) is 8.16. The number of carbonyl (C=O) groups excluding carboxylic acids is 2. The first kappa shape index (κ1) is 16.0. The van der Waals surface area contributed by atoms with E-state index in [1.54, 1.807) is 4.90 Å².